The molecule has 1 aromatic rings. The van der Waals surface area contributed by atoms with E-state index in [1.165, 1.54) is 6.92 Å². The first-order valence-electron chi connectivity index (χ1n) is 7.87. The summed E-state index contributed by atoms with van der Waals surface area (Å²) in [4.78, 5) is 35.2. The third kappa shape index (κ3) is 8.31. The average Bonchev–Trinajstić information content (AvgIpc) is 2.48. The van der Waals surface area contributed by atoms with Crippen LogP contribution in [0.15, 0.2) is 30.3 Å². The van der Waals surface area contributed by atoms with Gasteiger partial charge in [-0.25, -0.2) is 4.79 Å². The third-order valence-corrected chi connectivity index (χ3v) is 2.95. The second kappa shape index (κ2) is 9.05. The van der Waals surface area contributed by atoms with Gasteiger partial charge in [0.25, 0.3) is 0 Å². The highest BCUT2D eigenvalue weighted by atomic mass is 16.6. The lowest BCUT2D eigenvalue weighted by molar-refractivity contribution is -0.159. The molecule has 0 unspecified atom stereocenters. The van der Waals surface area contributed by atoms with Gasteiger partial charge >= 0.3 is 11.9 Å². The first-order valence-corrected chi connectivity index (χ1v) is 7.87. The molecule has 0 spiro atoms. The second-order valence-corrected chi connectivity index (χ2v) is 6.47. The maximum Gasteiger partial charge on any atom is 0.329 e. The first-order chi connectivity index (χ1) is 11.2. The number of hydrogen-bond donors (Lipinski definition) is 1. The molecule has 1 aromatic carbocycles. The van der Waals surface area contributed by atoms with Gasteiger partial charge in [0.05, 0.1) is 0 Å². The number of carbonyl (C=O) groups is 3. The predicted octanol–water partition coefficient (Wildman–Crippen LogP) is 2.36. The zero-order valence-electron chi connectivity index (χ0n) is 14.6. The molecule has 0 aliphatic rings. The van der Waals surface area contributed by atoms with E-state index in [0.29, 0.717) is 0 Å². The Bertz CT molecular complexity index is 563. The third-order valence-electron chi connectivity index (χ3n) is 2.95. The molecule has 0 radical (unpaired) electrons. The van der Waals surface area contributed by atoms with Crippen LogP contribution in [0.2, 0.25) is 0 Å². The molecule has 0 saturated carbocycles. The van der Waals surface area contributed by atoms with Crippen LogP contribution in [0.25, 0.3) is 0 Å². The molecule has 0 aliphatic heterocycles. The van der Waals surface area contributed by atoms with E-state index >= 15 is 0 Å². The summed E-state index contributed by atoms with van der Waals surface area (Å²) in [5, 5.41) is 2.51. The lowest BCUT2D eigenvalue weighted by atomic mass is 10.1. The number of ether oxygens (including phenoxy) is 2. The molecular weight excluding hydrogens is 310 g/mol. The molecule has 1 atom stereocenters. The Morgan fingerprint density at radius 3 is 2.29 bits per heavy atom. The topological polar surface area (TPSA) is 81.7 Å². The van der Waals surface area contributed by atoms with Gasteiger partial charge in [-0.2, -0.15) is 0 Å². The summed E-state index contributed by atoms with van der Waals surface area (Å²) in [6, 6.07) is 8.44. The van der Waals surface area contributed by atoms with Gasteiger partial charge in [-0.3, -0.25) is 9.59 Å². The summed E-state index contributed by atoms with van der Waals surface area (Å²) >= 11 is 0. The Kier molecular flexibility index (Phi) is 7.42. The highest BCUT2D eigenvalue weighted by Gasteiger charge is 2.26. The first kappa shape index (κ1) is 19.7. The highest BCUT2D eigenvalue weighted by Crippen LogP contribution is 2.11. The minimum absolute atomic E-state index is 0.0109. The molecule has 0 saturated heterocycles. The van der Waals surface area contributed by atoms with Crippen LogP contribution in [-0.4, -0.2) is 29.5 Å². The Balaban J connectivity index is 2.49. The smallest absolute Gasteiger partial charge is 0.329 e. The van der Waals surface area contributed by atoms with E-state index in [4.69, 9.17) is 9.47 Å². The molecule has 0 aliphatic carbocycles. The Hall–Kier alpha value is -2.37. The predicted molar refractivity (Wildman–Crippen MR) is 88.9 cm³/mol. The summed E-state index contributed by atoms with van der Waals surface area (Å²) in [6.07, 6.45) is 0.138. The fraction of sp³-hybridized carbons (Fsp3) is 0.500. The summed E-state index contributed by atoms with van der Waals surface area (Å²) in [7, 11) is 0. The van der Waals surface area contributed by atoms with Crippen molar-refractivity contribution < 1.29 is 23.9 Å². The summed E-state index contributed by atoms with van der Waals surface area (Å²) in [5.74, 6) is -1.35. The van der Waals surface area contributed by atoms with Crippen LogP contribution >= 0.6 is 0 Å². The Labute approximate surface area is 142 Å². The average molecular weight is 335 g/mol. The fourth-order valence-electron chi connectivity index (χ4n) is 1.94. The van der Waals surface area contributed by atoms with Crippen LogP contribution in [0.3, 0.4) is 0 Å². The number of rotatable bonds is 7. The zero-order chi connectivity index (χ0) is 18.2. The number of esters is 2. The standard InChI is InChI=1S/C18H25NO5/c1-13(20)19-15(17(22)24-18(2,3)4)10-11-16(21)23-12-14-8-6-5-7-9-14/h5-9,15H,10-12H2,1-4H3,(H,19,20)/t15-/m0/s1. The summed E-state index contributed by atoms with van der Waals surface area (Å²) in [5.41, 5.74) is 0.220. The van der Waals surface area contributed by atoms with Gasteiger partial charge in [-0.1, -0.05) is 30.3 Å². The molecule has 132 valence electrons. The van der Waals surface area contributed by atoms with E-state index in [-0.39, 0.29) is 25.4 Å². The van der Waals surface area contributed by atoms with E-state index in [1.807, 2.05) is 30.3 Å². The molecule has 6 nitrogen and oxygen atoms in total. The molecule has 0 bridgehead atoms. The summed E-state index contributed by atoms with van der Waals surface area (Å²) in [6.45, 7) is 6.71. The number of carbonyl (C=O) groups excluding carboxylic acids is 3. The Morgan fingerprint density at radius 2 is 1.75 bits per heavy atom. The van der Waals surface area contributed by atoms with Crippen LogP contribution in [0.1, 0.15) is 46.1 Å². The number of nitrogens with one attached hydrogen (secondary N) is 1. The lowest BCUT2D eigenvalue weighted by Crippen LogP contribution is -2.43. The van der Waals surface area contributed by atoms with Crippen LogP contribution < -0.4 is 5.32 Å². The van der Waals surface area contributed by atoms with Gasteiger partial charge in [-0.05, 0) is 32.8 Å². The van der Waals surface area contributed by atoms with E-state index in [2.05, 4.69) is 5.32 Å². The van der Waals surface area contributed by atoms with Crippen molar-refractivity contribution in [2.75, 3.05) is 0 Å². The Morgan fingerprint density at radius 1 is 1.12 bits per heavy atom. The monoisotopic (exact) mass is 335 g/mol. The fourth-order valence-corrected chi connectivity index (χ4v) is 1.94. The molecule has 6 heteroatoms. The quantitative estimate of drug-likeness (QED) is 0.774. The normalized spacial score (nSPS) is 12.2. The van der Waals surface area contributed by atoms with E-state index in [1.54, 1.807) is 20.8 Å². The number of hydrogen-bond acceptors (Lipinski definition) is 5. The lowest BCUT2D eigenvalue weighted by Gasteiger charge is -2.24. The van der Waals surface area contributed by atoms with Crippen LogP contribution in [0.5, 0.6) is 0 Å². The van der Waals surface area contributed by atoms with E-state index in [0.717, 1.165) is 5.56 Å². The van der Waals surface area contributed by atoms with Gasteiger partial charge in [0, 0.05) is 13.3 Å². The second-order valence-electron chi connectivity index (χ2n) is 6.47. The van der Waals surface area contributed by atoms with E-state index in [9.17, 15) is 14.4 Å². The molecule has 1 rings (SSSR count). The minimum Gasteiger partial charge on any atom is -0.461 e. The van der Waals surface area contributed by atoms with Gasteiger partial charge in [-0.15, -0.1) is 0 Å². The van der Waals surface area contributed by atoms with Crippen molar-refractivity contribution >= 4 is 17.8 Å². The molecular formula is C18H25NO5. The van der Waals surface area contributed by atoms with Gasteiger partial charge < -0.3 is 14.8 Å². The number of benzene rings is 1. The van der Waals surface area contributed by atoms with Crippen molar-refractivity contribution in [3.8, 4) is 0 Å². The van der Waals surface area contributed by atoms with Gasteiger partial charge in [0.15, 0.2) is 0 Å². The maximum atomic E-state index is 12.1. The van der Waals surface area contributed by atoms with Crippen molar-refractivity contribution in [2.24, 2.45) is 0 Å². The SMILES string of the molecule is CC(=O)N[C@@H](CCC(=O)OCc1ccccc1)C(=O)OC(C)(C)C. The molecule has 1 amide bonds. The van der Waals surface area contributed by atoms with Gasteiger partial charge in [0.1, 0.15) is 18.2 Å². The van der Waals surface area contributed by atoms with Crippen LogP contribution in [0, 0.1) is 0 Å². The highest BCUT2D eigenvalue weighted by molar-refractivity contribution is 5.84. The number of amides is 1. The zero-order valence-corrected chi connectivity index (χ0v) is 14.6. The maximum absolute atomic E-state index is 12.1. The molecule has 24 heavy (non-hydrogen) atoms. The van der Waals surface area contributed by atoms with Crippen molar-refractivity contribution in [2.45, 2.75) is 58.8 Å². The van der Waals surface area contributed by atoms with Gasteiger partial charge in [0.2, 0.25) is 5.91 Å². The largest absolute Gasteiger partial charge is 0.461 e. The molecule has 0 fully saturated rings. The summed E-state index contributed by atoms with van der Waals surface area (Å²) < 4.78 is 10.4. The molecule has 0 heterocycles. The van der Waals surface area contributed by atoms with Crippen molar-refractivity contribution in [3.63, 3.8) is 0 Å². The molecule has 0 aromatic heterocycles. The van der Waals surface area contributed by atoms with Crippen molar-refractivity contribution in [1.29, 1.82) is 0 Å². The van der Waals surface area contributed by atoms with Crippen molar-refractivity contribution in [1.82, 2.24) is 5.32 Å². The van der Waals surface area contributed by atoms with Crippen molar-refractivity contribution in [3.05, 3.63) is 35.9 Å². The minimum atomic E-state index is -0.869. The van der Waals surface area contributed by atoms with E-state index < -0.39 is 23.6 Å². The molecule has 1 N–H and O–H groups in total. The van der Waals surface area contributed by atoms with Crippen LogP contribution in [0.4, 0.5) is 0 Å². The van der Waals surface area contributed by atoms with Crippen LogP contribution in [-0.2, 0) is 30.5 Å².